The van der Waals surface area contributed by atoms with Crippen LogP contribution >= 0.6 is 11.3 Å². The number of ether oxygens (including phenoxy) is 1. The van der Waals surface area contributed by atoms with Gasteiger partial charge in [-0.25, -0.2) is 9.78 Å². The van der Waals surface area contributed by atoms with Gasteiger partial charge >= 0.3 is 6.09 Å². The number of fused-ring (bicyclic) bond motifs is 1. The zero-order chi connectivity index (χ0) is 24.2. The lowest BCUT2D eigenvalue weighted by Crippen LogP contribution is -2.25. The number of amides is 1. The van der Waals surface area contributed by atoms with Gasteiger partial charge in [0.25, 0.3) is 0 Å². The molecule has 2 heterocycles. The average Bonchev–Trinajstić information content (AvgIpc) is 3.52. The molecule has 5 nitrogen and oxygen atoms in total. The molecule has 0 atom stereocenters. The quantitative estimate of drug-likeness (QED) is 0.200. The maximum atomic E-state index is 13.5. The number of cyclic esters (lactones) is 1. The Kier molecular flexibility index (Phi) is 6.73. The van der Waals surface area contributed by atoms with Gasteiger partial charge in [0, 0.05) is 17.6 Å². The molecular weight excluding hydrogens is 456 g/mol. The Labute approximate surface area is 208 Å². The molecule has 0 bridgehead atoms. The topological polar surface area (TPSA) is 59.5 Å². The Balaban J connectivity index is 1.63. The van der Waals surface area contributed by atoms with E-state index >= 15 is 0 Å². The van der Waals surface area contributed by atoms with E-state index in [1.807, 2.05) is 72.8 Å². The van der Waals surface area contributed by atoms with Crippen LogP contribution in [0, 0.1) is 0 Å². The van der Waals surface area contributed by atoms with Crippen LogP contribution in [-0.4, -0.2) is 34.9 Å². The molecule has 1 aromatic heterocycles. The number of hydrogen-bond acceptors (Lipinski definition) is 5. The van der Waals surface area contributed by atoms with E-state index in [1.54, 1.807) is 16.2 Å². The van der Waals surface area contributed by atoms with Crippen LogP contribution in [0.2, 0.25) is 0 Å². The van der Waals surface area contributed by atoms with Gasteiger partial charge in [-0.3, -0.25) is 9.69 Å². The van der Waals surface area contributed by atoms with Crippen molar-refractivity contribution in [3.05, 3.63) is 90.0 Å². The highest BCUT2D eigenvalue weighted by Crippen LogP contribution is 2.35. The van der Waals surface area contributed by atoms with Gasteiger partial charge in [-0.1, -0.05) is 80.1 Å². The number of carbonyl (C=O) groups is 2. The van der Waals surface area contributed by atoms with Crippen LogP contribution in [0.25, 0.3) is 32.1 Å². The first-order valence-electron chi connectivity index (χ1n) is 11.9. The second-order valence-electron chi connectivity index (χ2n) is 8.45. The zero-order valence-corrected chi connectivity index (χ0v) is 20.4. The first-order chi connectivity index (χ1) is 17.2. The predicted molar refractivity (Wildman–Crippen MR) is 141 cm³/mol. The van der Waals surface area contributed by atoms with Crippen LogP contribution in [0.15, 0.2) is 78.9 Å². The summed E-state index contributed by atoms with van der Waals surface area (Å²) in [7, 11) is 0. The summed E-state index contributed by atoms with van der Waals surface area (Å²) in [5.74, 6) is 0.0306. The molecule has 1 aliphatic heterocycles. The molecule has 1 amide bonds. The van der Waals surface area contributed by atoms with Crippen LogP contribution in [-0.2, 0) is 9.53 Å². The lowest BCUT2D eigenvalue weighted by atomic mass is 9.92. The molecule has 3 aromatic carbocycles. The summed E-state index contributed by atoms with van der Waals surface area (Å²) < 4.78 is 6.41. The molecule has 35 heavy (non-hydrogen) atoms. The minimum absolute atomic E-state index is 0.0306. The van der Waals surface area contributed by atoms with E-state index in [9.17, 15) is 9.59 Å². The molecule has 0 unspecified atom stereocenters. The Hall–Kier alpha value is -3.77. The van der Waals surface area contributed by atoms with Gasteiger partial charge in [0.05, 0.1) is 22.5 Å². The van der Waals surface area contributed by atoms with E-state index in [-0.39, 0.29) is 5.78 Å². The summed E-state index contributed by atoms with van der Waals surface area (Å²) in [5, 5.41) is 0.936. The molecule has 176 valence electrons. The third-order valence-electron chi connectivity index (χ3n) is 6.07. The molecule has 1 fully saturated rings. The molecule has 0 aliphatic carbocycles. The van der Waals surface area contributed by atoms with Crippen LogP contribution in [0.5, 0.6) is 0 Å². The van der Waals surface area contributed by atoms with Crippen molar-refractivity contribution in [2.45, 2.75) is 26.2 Å². The van der Waals surface area contributed by atoms with Gasteiger partial charge in [0.15, 0.2) is 5.78 Å². The van der Waals surface area contributed by atoms with Crippen molar-refractivity contribution in [3.63, 3.8) is 0 Å². The number of benzene rings is 3. The number of ketones is 1. The van der Waals surface area contributed by atoms with E-state index in [4.69, 9.17) is 9.72 Å². The average molecular weight is 483 g/mol. The number of thiazole rings is 1. The summed E-state index contributed by atoms with van der Waals surface area (Å²) in [4.78, 5) is 32.6. The molecule has 0 N–H and O–H groups in total. The molecule has 0 radical (unpaired) electrons. The van der Waals surface area contributed by atoms with Crippen LogP contribution < -0.4 is 0 Å². The maximum absolute atomic E-state index is 13.5. The third kappa shape index (κ3) is 4.75. The lowest BCUT2D eigenvalue weighted by molar-refractivity contribution is -0.113. The fourth-order valence-corrected chi connectivity index (χ4v) is 5.27. The molecule has 6 heteroatoms. The maximum Gasteiger partial charge on any atom is 0.414 e. The Morgan fingerprint density at radius 3 is 2.40 bits per heavy atom. The Bertz CT molecular complexity index is 1360. The van der Waals surface area contributed by atoms with Crippen LogP contribution in [0.4, 0.5) is 4.79 Å². The van der Waals surface area contributed by atoms with Crippen molar-refractivity contribution in [2.75, 3.05) is 13.2 Å². The largest absolute Gasteiger partial charge is 0.447 e. The molecule has 4 aromatic rings. The smallest absolute Gasteiger partial charge is 0.414 e. The fourth-order valence-electron chi connectivity index (χ4n) is 4.29. The monoisotopic (exact) mass is 482 g/mol. The first kappa shape index (κ1) is 23.0. The first-order valence-corrected chi connectivity index (χ1v) is 12.7. The number of unbranched alkanes of at least 4 members (excludes halogenated alkanes) is 1. The highest BCUT2D eigenvalue weighted by atomic mass is 32.1. The van der Waals surface area contributed by atoms with Gasteiger partial charge in [0.1, 0.15) is 11.6 Å². The highest BCUT2D eigenvalue weighted by Gasteiger charge is 2.31. The second-order valence-corrected chi connectivity index (χ2v) is 9.48. The highest BCUT2D eigenvalue weighted by molar-refractivity contribution is 7.21. The van der Waals surface area contributed by atoms with Crippen molar-refractivity contribution in [3.8, 4) is 10.6 Å². The minimum Gasteiger partial charge on any atom is -0.447 e. The van der Waals surface area contributed by atoms with Crippen molar-refractivity contribution < 1.29 is 14.3 Å². The summed E-state index contributed by atoms with van der Waals surface area (Å²) >= 11 is 1.65. The number of rotatable bonds is 8. The number of allylic oxidation sites excluding steroid dienone is 1. The van der Waals surface area contributed by atoms with E-state index in [0.29, 0.717) is 30.8 Å². The number of para-hydroxylation sites is 1. The van der Waals surface area contributed by atoms with Crippen molar-refractivity contribution in [1.29, 1.82) is 0 Å². The van der Waals surface area contributed by atoms with E-state index in [1.165, 1.54) is 0 Å². The molecule has 0 saturated carbocycles. The molecular formula is C29H26N2O3S. The van der Waals surface area contributed by atoms with Gasteiger partial charge in [-0.05, 0) is 29.7 Å². The van der Waals surface area contributed by atoms with Crippen molar-refractivity contribution >= 4 is 44.7 Å². The summed E-state index contributed by atoms with van der Waals surface area (Å²) in [6, 6.07) is 25.6. The summed E-state index contributed by atoms with van der Waals surface area (Å²) in [6.45, 7) is 2.78. The van der Waals surface area contributed by atoms with E-state index in [2.05, 4.69) is 13.0 Å². The summed E-state index contributed by atoms with van der Waals surface area (Å²) in [6.07, 6.45) is 1.72. The van der Waals surface area contributed by atoms with E-state index < -0.39 is 6.09 Å². The lowest BCUT2D eigenvalue weighted by Gasteiger charge is -2.22. The minimum atomic E-state index is -0.424. The Morgan fingerprint density at radius 1 is 0.971 bits per heavy atom. The van der Waals surface area contributed by atoms with Gasteiger partial charge in [0.2, 0.25) is 0 Å². The fraction of sp³-hybridized carbons (Fsp3) is 0.207. The zero-order valence-electron chi connectivity index (χ0n) is 19.6. The van der Waals surface area contributed by atoms with Crippen molar-refractivity contribution in [1.82, 2.24) is 9.88 Å². The molecule has 0 spiro atoms. The number of carbonyl (C=O) groups excluding carboxylic acids is 2. The van der Waals surface area contributed by atoms with Crippen molar-refractivity contribution in [2.24, 2.45) is 0 Å². The molecule has 5 rings (SSSR count). The third-order valence-corrected chi connectivity index (χ3v) is 7.15. The van der Waals surface area contributed by atoms with Crippen LogP contribution in [0.3, 0.4) is 0 Å². The van der Waals surface area contributed by atoms with E-state index in [0.717, 1.165) is 44.8 Å². The molecule has 1 aliphatic rings. The SMILES string of the molecule is CCCCC(=O)/C(=C(\c1ccc(-c2nc3ccccc3s2)cc1)N1CCOC1=O)c1ccccc1. The summed E-state index contributed by atoms with van der Waals surface area (Å²) in [5.41, 5.74) is 4.75. The standard InChI is InChI=1S/C29H26N2O3S/c1-2-3-12-24(32)26(20-9-5-4-6-10-20)27(31-18-19-34-29(31)33)21-14-16-22(17-15-21)28-30-23-11-7-8-13-25(23)35-28/h4-11,13-17H,2-3,12,18-19H2,1H3/b27-26+. The number of hydrogen-bond donors (Lipinski definition) is 0. The number of aromatic nitrogens is 1. The van der Waals surface area contributed by atoms with Crippen LogP contribution in [0.1, 0.15) is 37.3 Å². The predicted octanol–water partition coefficient (Wildman–Crippen LogP) is 7.04. The van der Waals surface area contributed by atoms with Gasteiger partial charge in [-0.15, -0.1) is 11.3 Å². The number of Topliss-reactive ketones (excluding diaryl/α,β-unsaturated/α-hetero) is 1. The Morgan fingerprint density at radius 2 is 1.71 bits per heavy atom. The van der Waals surface area contributed by atoms with Gasteiger partial charge < -0.3 is 4.74 Å². The van der Waals surface area contributed by atoms with Gasteiger partial charge in [-0.2, -0.15) is 0 Å². The second kappa shape index (κ2) is 10.2. The number of nitrogens with zero attached hydrogens (tertiary/aromatic N) is 2. The molecule has 1 saturated heterocycles. The normalized spacial score (nSPS) is 14.2.